The van der Waals surface area contributed by atoms with Crippen molar-refractivity contribution in [1.29, 1.82) is 0 Å². The molecular weight excluding hydrogens is 583 g/mol. The zero-order chi connectivity index (χ0) is 32.6. The van der Waals surface area contributed by atoms with Gasteiger partial charge in [-0.15, -0.1) is 0 Å². The Labute approximate surface area is 273 Å². The number of carbonyl (C=O) groups excluding carboxylic acids is 3. The summed E-state index contributed by atoms with van der Waals surface area (Å²) in [6.45, 7) is 5.64. The van der Waals surface area contributed by atoms with Crippen LogP contribution in [-0.2, 0) is 34.0 Å². The number of rotatable bonds is 5. The highest BCUT2D eigenvalue weighted by atomic mass is 16.6. The number of nitrogens with zero attached hydrogens (tertiary/aromatic N) is 2. The number of benzene rings is 2. The second kappa shape index (κ2) is 15.9. The molecule has 3 heterocycles. The summed E-state index contributed by atoms with van der Waals surface area (Å²) in [5, 5.41) is 26.5. The molecule has 4 atom stereocenters. The minimum absolute atomic E-state index is 0.0948. The highest BCUT2D eigenvalue weighted by Gasteiger charge is 2.44. The molecule has 3 aliphatic rings. The summed E-state index contributed by atoms with van der Waals surface area (Å²) in [7, 11) is -1.72. The summed E-state index contributed by atoms with van der Waals surface area (Å²) in [6.07, 6.45) is 6.86. The van der Waals surface area contributed by atoms with Gasteiger partial charge in [0.25, 0.3) is 0 Å². The van der Waals surface area contributed by atoms with Gasteiger partial charge in [-0.3, -0.25) is 14.5 Å². The van der Waals surface area contributed by atoms with Crippen molar-refractivity contribution >= 4 is 25.0 Å². The highest BCUT2D eigenvalue weighted by Crippen LogP contribution is 2.27. The molecule has 5 rings (SSSR count). The van der Waals surface area contributed by atoms with Gasteiger partial charge in [-0.1, -0.05) is 93.0 Å². The molecule has 2 saturated heterocycles. The first kappa shape index (κ1) is 33.9. The van der Waals surface area contributed by atoms with E-state index in [2.05, 4.69) is 42.7 Å². The summed E-state index contributed by atoms with van der Waals surface area (Å²) < 4.78 is 5.94. The molecule has 2 aromatic rings. The number of amides is 3. The summed E-state index contributed by atoms with van der Waals surface area (Å²) in [5.74, 6) is -1.51. The molecule has 1 unspecified atom stereocenters. The zero-order valence-electron chi connectivity index (χ0n) is 27.2. The average Bonchev–Trinajstić information content (AvgIpc) is 3.66. The number of ether oxygens (including phenoxy) is 1. The van der Waals surface area contributed by atoms with E-state index < -0.39 is 43.2 Å². The van der Waals surface area contributed by atoms with Gasteiger partial charge in [0, 0.05) is 26.1 Å². The van der Waals surface area contributed by atoms with Crippen LogP contribution in [0.1, 0.15) is 92.0 Å². The molecule has 0 radical (unpaired) electrons. The van der Waals surface area contributed by atoms with E-state index in [9.17, 15) is 24.4 Å². The van der Waals surface area contributed by atoms with Crippen LogP contribution in [0, 0.1) is 13.8 Å². The minimum atomic E-state index is -1.72. The third-order valence-corrected chi connectivity index (χ3v) is 9.75. The molecule has 11 heteroatoms. The topological polar surface area (TPSA) is 131 Å². The molecule has 0 saturated carbocycles. The lowest BCUT2D eigenvalue weighted by molar-refractivity contribution is -0.140. The van der Waals surface area contributed by atoms with Crippen LogP contribution < -0.4 is 10.6 Å². The number of fused-ring (bicyclic) bond motifs is 2. The van der Waals surface area contributed by atoms with Gasteiger partial charge in [0.05, 0.1) is 18.5 Å². The standard InChI is InChI=1S/C35H49BN4O6/c1-24-16-17-26(25(2)18-24)20-37-30-14-8-6-4-3-5-7-9-15-32(36(44)45)38-33(41)31-19-29(23-40(31)34(30)42)46-35(43)39-21-27-12-10-11-13-28(27)22-39/h10-13,16-18,29-32,37,44-45H,3-9,14-15,19-23H2,1-2H3,(H,38,41)/t29-,30?,31+,32-/m1/s1. The Kier molecular flexibility index (Phi) is 11.8. The lowest BCUT2D eigenvalue weighted by atomic mass is 9.76. The lowest BCUT2D eigenvalue weighted by Gasteiger charge is -2.30. The fraction of sp³-hybridized carbons (Fsp3) is 0.571. The molecule has 46 heavy (non-hydrogen) atoms. The molecular formula is C35H49BN4O6. The third kappa shape index (κ3) is 8.69. The first-order valence-electron chi connectivity index (χ1n) is 17.0. The van der Waals surface area contributed by atoms with E-state index in [4.69, 9.17) is 4.74 Å². The summed E-state index contributed by atoms with van der Waals surface area (Å²) in [5.41, 5.74) is 5.60. The van der Waals surface area contributed by atoms with Crippen molar-refractivity contribution in [3.05, 3.63) is 70.3 Å². The summed E-state index contributed by atoms with van der Waals surface area (Å²) >= 11 is 0. The number of carbonyl (C=O) groups is 3. The molecule has 0 aromatic heterocycles. The maximum atomic E-state index is 14.3. The fourth-order valence-electron chi connectivity index (χ4n) is 7.02. The van der Waals surface area contributed by atoms with Crippen LogP contribution in [0.4, 0.5) is 4.79 Å². The Morgan fingerprint density at radius 2 is 1.61 bits per heavy atom. The van der Waals surface area contributed by atoms with Gasteiger partial charge < -0.3 is 30.3 Å². The van der Waals surface area contributed by atoms with E-state index in [1.807, 2.05) is 24.3 Å². The predicted molar refractivity (Wildman–Crippen MR) is 176 cm³/mol. The molecule has 3 amide bonds. The first-order valence-corrected chi connectivity index (χ1v) is 17.0. The molecule has 2 aromatic carbocycles. The molecule has 0 spiro atoms. The Balaban J connectivity index is 1.34. The minimum Gasteiger partial charge on any atom is -0.444 e. The van der Waals surface area contributed by atoms with Gasteiger partial charge in [-0.25, -0.2) is 4.79 Å². The van der Waals surface area contributed by atoms with Crippen molar-refractivity contribution in [3.63, 3.8) is 0 Å². The molecule has 0 bridgehead atoms. The fourth-order valence-corrected chi connectivity index (χ4v) is 7.02. The molecule has 248 valence electrons. The second-order valence-corrected chi connectivity index (χ2v) is 13.3. The maximum Gasteiger partial charge on any atom is 0.475 e. The molecule has 10 nitrogen and oxygen atoms in total. The van der Waals surface area contributed by atoms with Crippen molar-refractivity contribution in [3.8, 4) is 0 Å². The van der Waals surface area contributed by atoms with Crippen LogP contribution in [0.15, 0.2) is 42.5 Å². The van der Waals surface area contributed by atoms with Crippen LogP contribution in [0.5, 0.6) is 0 Å². The van der Waals surface area contributed by atoms with Gasteiger partial charge in [-0.2, -0.15) is 0 Å². The zero-order valence-corrected chi connectivity index (χ0v) is 27.2. The van der Waals surface area contributed by atoms with Crippen molar-refractivity contribution in [1.82, 2.24) is 20.4 Å². The molecule has 0 aliphatic carbocycles. The smallest absolute Gasteiger partial charge is 0.444 e. The highest BCUT2D eigenvalue weighted by molar-refractivity contribution is 6.43. The number of aryl methyl sites for hydroxylation is 2. The van der Waals surface area contributed by atoms with Crippen LogP contribution in [0.25, 0.3) is 0 Å². The molecule has 2 fully saturated rings. The van der Waals surface area contributed by atoms with Crippen LogP contribution in [0.2, 0.25) is 0 Å². The lowest BCUT2D eigenvalue weighted by Crippen LogP contribution is -2.56. The monoisotopic (exact) mass is 632 g/mol. The SMILES string of the molecule is Cc1ccc(CNC2CCCCCCCCC[C@H](B(O)O)NC(=O)[C@@H]3C[C@@H](OC(=O)N4Cc5ccccc5C4)CN3C2=O)c(C)c1. The molecule has 3 aliphatic heterocycles. The van der Waals surface area contributed by atoms with E-state index in [-0.39, 0.29) is 18.9 Å². The largest absolute Gasteiger partial charge is 0.475 e. The van der Waals surface area contributed by atoms with Gasteiger partial charge in [-0.05, 0) is 48.9 Å². The summed E-state index contributed by atoms with van der Waals surface area (Å²) in [6, 6.07) is 12.7. The van der Waals surface area contributed by atoms with Crippen LogP contribution >= 0.6 is 0 Å². The van der Waals surface area contributed by atoms with E-state index >= 15 is 0 Å². The Hall–Kier alpha value is -3.41. The van der Waals surface area contributed by atoms with Crippen molar-refractivity contribution < 1.29 is 29.2 Å². The summed E-state index contributed by atoms with van der Waals surface area (Å²) in [4.78, 5) is 44.5. The van der Waals surface area contributed by atoms with Gasteiger partial charge in [0.1, 0.15) is 12.1 Å². The van der Waals surface area contributed by atoms with Crippen molar-refractivity contribution in [2.24, 2.45) is 0 Å². The van der Waals surface area contributed by atoms with Gasteiger partial charge in [0.2, 0.25) is 11.8 Å². The number of hydrogen-bond donors (Lipinski definition) is 4. The first-order chi connectivity index (χ1) is 22.2. The normalized spacial score (nSPS) is 24.7. The average molecular weight is 633 g/mol. The molecule has 4 N–H and O–H groups in total. The second-order valence-electron chi connectivity index (χ2n) is 13.3. The quantitative estimate of drug-likeness (QED) is 0.368. The van der Waals surface area contributed by atoms with E-state index in [1.54, 1.807) is 9.80 Å². The van der Waals surface area contributed by atoms with Crippen LogP contribution in [0.3, 0.4) is 0 Å². The third-order valence-electron chi connectivity index (χ3n) is 9.75. The van der Waals surface area contributed by atoms with E-state index in [0.717, 1.165) is 67.2 Å². The van der Waals surface area contributed by atoms with E-state index in [0.29, 0.717) is 32.5 Å². The predicted octanol–water partition coefficient (Wildman–Crippen LogP) is 3.90. The maximum absolute atomic E-state index is 14.3. The Morgan fingerprint density at radius 1 is 0.957 bits per heavy atom. The van der Waals surface area contributed by atoms with Crippen LogP contribution in [-0.4, -0.2) is 75.5 Å². The van der Waals surface area contributed by atoms with Crippen molar-refractivity contribution in [2.45, 2.75) is 122 Å². The Bertz CT molecular complexity index is 1350. The van der Waals surface area contributed by atoms with Gasteiger partial charge in [0.15, 0.2) is 0 Å². The Morgan fingerprint density at radius 3 is 2.26 bits per heavy atom. The van der Waals surface area contributed by atoms with E-state index in [1.165, 1.54) is 5.56 Å². The van der Waals surface area contributed by atoms with Crippen molar-refractivity contribution in [2.75, 3.05) is 6.54 Å². The van der Waals surface area contributed by atoms with Gasteiger partial charge >= 0.3 is 13.2 Å². The number of hydrogen-bond acceptors (Lipinski definition) is 7. The number of nitrogens with one attached hydrogen (secondary N) is 2.